The number of hydrogen-bond acceptors (Lipinski definition) is 3. The summed E-state index contributed by atoms with van der Waals surface area (Å²) in [5, 5.41) is 0. The van der Waals surface area contributed by atoms with Crippen LogP contribution in [-0.2, 0) is 14.3 Å². The maximum atomic E-state index is 11.2. The molecule has 0 amide bonds. The van der Waals surface area contributed by atoms with E-state index in [1.807, 2.05) is 6.92 Å². The van der Waals surface area contributed by atoms with Gasteiger partial charge in [0.1, 0.15) is 5.60 Å². The molecule has 0 spiro atoms. The molecule has 1 aliphatic heterocycles. The maximum Gasteiger partial charge on any atom is 0.306 e. The van der Waals surface area contributed by atoms with Crippen molar-refractivity contribution in [1.82, 2.24) is 0 Å². The number of hydrogen-bond donors (Lipinski definition) is 0. The van der Waals surface area contributed by atoms with Gasteiger partial charge < -0.3 is 9.47 Å². The van der Waals surface area contributed by atoms with Crippen molar-refractivity contribution < 1.29 is 14.3 Å². The molecule has 1 fully saturated rings. The van der Waals surface area contributed by atoms with E-state index >= 15 is 0 Å². The minimum absolute atomic E-state index is 0.0580. The van der Waals surface area contributed by atoms with Gasteiger partial charge in [0.15, 0.2) is 0 Å². The van der Waals surface area contributed by atoms with Gasteiger partial charge in [0.05, 0.1) is 6.61 Å². The smallest absolute Gasteiger partial charge is 0.306 e. The van der Waals surface area contributed by atoms with Gasteiger partial charge in [-0.3, -0.25) is 4.79 Å². The molecule has 0 aliphatic carbocycles. The summed E-state index contributed by atoms with van der Waals surface area (Å²) < 4.78 is 10.8. The number of esters is 1. The van der Waals surface area contributed by atoms with Crippen molar-refractivity contribution in [3.05, 3.63) is 0 Å². The van der Waals surface area contributed by atoms with Gasteiger partial charge in [-0.25, -0.2) is 0 Å². The second kappa shape index (κ2) is 6.11. The summed E-state index contributed by atoms with van der Waals surface area (Å²) in [4.78, 5) is 11.2. The Bertz CT molecular complexity index is 203. The topological polar surface area (TPSA) is 35.5 Å². The Morgan fingerprint density at radius 1 is 1.47 bits per heavy atom. The van der Waals surface area contributed by atoms with Crippen LogP contribution in [-0.4, -0.2) is 24.8 Å². The third-order valence-electron chi connectivity index (χ3n) is 2.86. The lowest BCUT2D eigenvalue weighted by Crippen LogP contribution is -2.36. The molecule has 3 nitrogen and oxygen atoms in total. The number of unbranched alkanes of at least 4 members (excludes halogenated alkanes) is 1. The van der Waals surface area contributed by atoms with Gasteiger partial charge in [-0.2, -0.15) is 0 Å². The molecule has 1 saturated heterocycles. The Hall–Kier alpha value is -0.570. The third kappa shape index (κ3) is 4.65. The number of carbonyl (C=O) groups is 1. The molecular formula is C12H22O3. The van der Waals surface area contributed by atoms with Gasteiger partial charge >= 0.3 is 5.97 Å². The predicted octanol–water partition coefficient (Wildman–Crippen LogP) is 2.68. The van der Waals surface area contributed by atoms with Crippen molar-refractivity contribution in [1.29, 1.82) is 0 Å². The molecule has 1 aliphatic rings. The van der Waals surface area contributed by atoms with E-state index in [0.717, 1.165) is 38.7 Å². The second-order valence-electron chi connectivity index (χ2n) is 4.49. The fourth-order valence-corrected chi connectivity index (χ4v) is 1.80. The predicted molar refractivity (Wildman–Crippen MR) is 58.7 cm³/mol. The first-order valence-electron chi connectivity index (χ1n) is 5.96. The average molecular weight is 214 g/mol. The van der Waals surface area contributed by atoms with E-state index in [-0.39, 0.29) is 11.6 Å². The van der Waals surface area contributed by atoms with Crippen LogP contribution < -0.4 is 0 Å². The maximum absolute atomic E-state index is 11.2. The quantitative estimate of drug-likeness (QED) is 0.503. The molecule has 0 radical (unpaired) electrons. The van der Waals surface area contributed by atoms with Crippen LogP contribution in [0.5, 0.6) is 0 Å². The fraction of sp³-hybridized carbons (Fsp3) is 0.917. The standard InChI is InChI=1S/C12H22O3/c1-3-4-9-14-10-8-12(2)7-5-6-11(13)15-12/h3-10H2,1-2H3/t12-/m0/s1. The lowest BCUT2D eigenvalue weighted by atomic mass is 9.93. The molecule has 1 rings (SSSR count). The lowest BCUT2D eigenvalue weighted by Gasteiger charge is -2.33. The molecule has 0 N–H and O–H groups in total. The van der Waals surface area contributed by atoms with E-state index in [0.29, 0.717) is 13.0 Å². The minimum Gasteiger partial charge on any atom is -0.459 e. The molecular weight excluding hydrogens is 192 g/mol. The highest BCUT2D eigenvalue weighted by Gasteiger charge is 2.32. The van der Waals surface area contributed by atoms with Gasteiger partial charge in [-0.1, -0.05) is 13.3 Å². The molecule has 88 valence electrons. The lowest BCUT2D eigenvalue weighted by molar-refractivity contribution is -0.167. The highest BCUT2D eigenvalue weighted by Crippen LogP contribution is 2.28. The van der Waals surface area contributed by atoms with E-state index in [2.05, 4.69) is 6.92 Å². The SMILES string of the molecule is CCCCOCC[C@]1(C)CCCC(=O)O1. The zero-order valence-corrected chi connectivity index (χ0v) is 9.88. The van der Waals surface area contributed by atoms with Crippen LogP contribution in [0.4, 0.5) is 0 Å². The van der Waals surface area contributed by atoms with Crippen molar-refractivity contribution in [3.8, 4) is 0 Å². The first kappa shape index (κ1) is 12.5. The van der Waals surface area contributed by atoms with Crippen LogP contribution >= 0.6 is 0 Å². The molecule has 0 aromatic heterocycles. The summed E-state index contributed by atoms with van der Waals surface area (Å²) >= 11 is 0. The Morgan fingerprint density at radius 3 is 2.93 bits per heavy atom. The number of ether oxygens (including phenoxy) is 2. The monoisotopic (exact) mass is 214 g/mol. The first-order valence-corrected chi connectivity index (χ1v) is 5.96. The van der Waals surface area contributed by atoms with Crippen molar-refractivity contribution in [2.75, 3.05) is 13.2 Å². The summed E-state index contributed by atoms with van der Waals surface area (Å²) in [6, 6.07) is 0. The Labute approximate surface area is 92.1 Å². The number of rotatable bonds is 6. The van der Waals surface area contributed by atoms with Crippen molar-refractivity contribution in [3.63, 3.8) is 0 Å². The second-order valence-corrected chi connectivity index (χ2v) is 4.49. The summed E-state index contributed by atoms with van der Waals surface area (Å²) in [5.74, 6) is -0.0580. The van der Waals surface area contributed by atoms with Crippen LogP contribution in [0.15, 0.2) is 0 Å². The highest BCUT2D eigenvalue weighted by atomic mass is 16.6. The van der Waals surface area contributed by atoms with Crippen molar-refractivity contribution in [2.24, 2.45) is 0 Å². The molecule has 15 heavy (non-hydrogen) atoms. The van der Waals surface area contributed by atoms with Crippen molar-refractivity contribution in [2.45, 2.75) is 58.0 Å². The minimum atomic E-state index is -0.276. The Kier molecular flexibility index (Phi) is 5.09. The van der Waals surface area contributed by atoms with E-state index in [4.69, 9.17) is 9.47 Å². The zero-order valence-electron chi connectivity index (χ0n) is 9.88. The molecule has 0 saturated carbocycles. The van der Waals surface area contributed by atoms with Gasteiger partial charge in [0.2, 0.25) is 0 Å². The summed E-state index contributed by atoms with van der Waals surface area (Å²) in [7, 11) is 0. The van der Waals surface area contributed by atoms with Crippen molar-refractivity contribution >= 4 is 5.97 Å². The van der Waals surface area contributed by atoms with Crippen LogP contribution in [0.2, 0.25) is 0 Å². The molecule has 0 aromatic carbocycles. The molecule has 0 unspecified atom stereocenters. The fourth-order valence-electron chi connectivity index (χ4n) is 1.80. The largest absolute Gasteiger partial charge is 0.459 e. The molecule has 3 heteroatoms. The van der Waals surface area contributed by atoms with Crippen LogP contribution in [0.1, 0.15) is 52.4 Å². The summed E-state index contributed by atoms with van der Waals surface area (Å²) in [5.41, 5.74) is -0.276. The molecule has 0 aromatic rings. The Morgan fingerprint density at radius 2 is 2.27 bits per heavy atom. The van der Waals surface area contributed by atoms with Gasteiger partial charge in [-0.05, 0) is 26.2 Å². The van der Waals surface area contributed by atoms with Gasteiger partial charge in [-0.15, -0.1) is 0 Å². The summed E-state index contributed by atoms with van der Waals surface area (Å²) in [6.07, 6.45) is 5.58. The first-order chi connectivity index (χ1) is 7.16. The van der Waals surface area contributed by atoms with E-state index in [9.17, 15) is 4.79 Å². The van der Waals surface area contributed by atoms with E-state index in [1.54, 1.807) is 0 Å². The Balaban J connectivity index is 2.15. The number of cyclic esters (lactones) is 1. The van der Waals surface area contributed by atoms with E-state index < -0.39 is 0 Å². The van der Waals surface area contributed by atoms with Gasteiger partial charge in [0.25, 0.3) is 0 Å². The van der Waals surface area contributed by atoms with Crippen LogP contribution in [0, 0.1) is 0 Å². The van der Waals surface area contributed by atoms with E-state index in [1.165, 1.54) is 0 Å². The van der Waals surface area contributed by atoms with Crippen LogP contribution in [0.25, 0.3) is 0 Å². The normalized spacial score (nSPS) is 26.4. The molecule has 0 bridgehead atoms. The molecule has 1 atom stereocenters. The van der Waals surface area contributed by atoms with Crippen LogP contribution in [0.3, 0.4) is 0 Å². The molecule has 1 heterocycles. The third-order valence-corrected chi connectivity index (χ3v) is 2.86. The zero-order chi connectivity index (χ0) is 11.1. The van der Waals surface area contributed by atoms with Gasteiger partial charge in [0, 0.05) is 19.4 Å². The number of carbonyl (C=O) groups excluding carboxylic acids is 1. The summed E-state index contributed by atoms with van der Waals surface area (Å²) in [6.45, 7) is 5.67. The highest BCUT2D eigenvalue weighted by molar-refractivity contribution is 5.70. The average Bonchev–Trinajstić information content (AvgIpc) is 2.17.